The number of nitrogens with zero attached hydrogens (tertiary/aromatic N) is 4. The number of anilines is 1. The van der Waals surface area contributed by atoms with E-state index in [1.165, 1.54) is 17.2 Å². The Morgan fingerprint density at radius 3 is 2.89 bits per heavy atom. The minimum Gasteiger partial charge on any atom is -0.463 e. The molecule has 0 aliphatic carbocycles. The fourth-order valence-electron chi connectivity index (χ4n) is 2.74. The Morgan fingerprint density at radius 2 is 2.11 bits per heavy atom. The van der Waals surface area contributed by atoms with Gasteiger partial charge in [-0.05, 0) is 0 Å². The summed E-state index contributed by atoms with van der Waals surface area (Å²) in [4.78, 5) is 35.5. The number of aromatic nitrogens is 4. The van der Waals surface area contributed by atoms with Crippen LogP contribution in [0.5, 0.6) is 0 Å². The Bertz CT molecular complexity index is 881. The van der Waals surface area contributed by atoms with E-state index in [0.29, 0.717) is 11.2 Å². The largest absolute Gasteiger partial charge is 0.463 e. The summed E-state index contributed by atoms with van der Waals surface area (Å²) in [6.45, 7) is -0.577. The minimum absolute atomic E-state index is 0.0929. The predicted molar refractivity (Wildman–Crippen MR) is 91.1 cm³/mol. The van der Waals surface area contributed by atoms with Crippen molar-refractivity contribution in [3.8, 4) is 0 Å². The fraction of sp³-hybridized carbons (Fsp3) is 0.562. The van der Waals surface area contributed by atoms with Gasteiger partial charge in [0.2, 0.25) is 0 Å². The first-order valence-corrected chi connectivity index (χ1v) is 8.16. The second-order valence-electron chi connectivity index (χ2n) is 5.78. The van der Waals surface area contributed by atoms with Crippen molar-refractivity contribution in [3.63, 3.8) is 0 Å². The Balaban J connectivity index is 1.83. The topological polar surface area (TPSA) is 152 Å². The summed E-state index contributed by atoms with van der Waals surface area (Å²) in [5.74, 6) is -1.13. The lowest BCUT2D eigenvalue weighted by atomic mass is 10.1. The maximum Gasteiger partial charge on any atom is 0.305 e. The SMILES string of the molecule is [2H]CCC(=O)OC[C@H]1OC(n2cnc3c(N)ncnc32)[C@@H](O)[C@@H]1OC(=O)CC[2H]. The standard InChI is InChI=1S/C16H21N5O6/c1-3-9(22)25-5-8-13(27-10(23)4-2)12(24)16(26-8)21-7-20-11-14(17)18-6-19-15(11)21/h6-8,12-13,16,24H,3-5H2,1-2H3,(H2,17,18,19)/t8-,12+,13-,16?/m1/s1/i1D,2D. The highest BCUT2D eigenvalue weighted by Crippen LogP contribution is 2.34. The van der Waals surface area contributed by atoms with Crippen LogP contribution in [0.15, 0.2) is 12.7 Å². The van der Waals surface area contributed by atoms with Gasteiger partial charge in [0.15, 0.2) is 23.8 Å². The lowest BCUT2D eigenvalue weighted by Crippen LogP contribution is -2.38. The van der Waals surface area contributed by atoms with Gasteiger partial charge in [-0.2, -0.15) is 0 Å². The maximum atomic E-state index is 11.9. The van der Waals surface area contributed by atoms with E-state index in [2.05, 4.69) is 15.0 Å². The average molecular weight is 381 g/mol. The van der Waals surface area contributed by atoms with Crippen molar-refractivity contribution in [3.05, 3.63) is 12.7 Å². The van der Waals surface area contributed by atoms with Crippen LogP contribution in [0.1, 0.15) is 35.6 Å². The summed E-state index contributed by atoms with van der Waals surface area (Å²) in [7, 11) is 0. The van der Waals surface area contributed by atoms with Crippen molar-refractivity contribution < 1.29 is 31.6 Å². The van der Waals surface area contributed by atoms with Gasteiger partial charge in [0, 0.05) is 15.6 Å². The normalized spacial score (nSPS) is 25.8. The first-order chi connectivity index (χ1) is 14.0. The number of hydrogen-bond acceptors (Lipinski definition) is 10. The number of imidazole rings is 1. The molecular weight excluding hydrogens is 358 g/mol. The van der Waals surface area contributed by atoms with Crippen LogP contribution >= 0.6 is 0 Å². The van der Waals surface area contributed by atoms with Crippen molar-refractivity contribution in [1.29, 1.82) is 0 Å². The first-order valence-electron chi connectivity index (χ1n) is 9.57. The number of aliphatic hydroxyl groups excluding tert-OH is 1. The number of fused-ring (bicyclic) bond motifs is 1. The Kier molecular flexibility index (Phi) is 4.76. The number of hydrogen-bond donors (Lipinski definition) is 2. The lowest BCUT2D eigenvalue weighted by Gasteiger charge is -2.20. The van der Waals surface area contributed by atoms with E-state index >= 15 is 0 Å². The molecule has 11 heteroatoms. The molecule has 1 fully saturated rings. The van der Waals surface area contributed by atoms with Gasteiger partial charge >= 0.3 is 11.9 Å². The third-order valence-corrected chi connectivity index (χ3v) is 4.06. The average Bonchev–Trinajstić information content (AvgIpc) is 3.24. The molecule has 0 spiro atoms. The molecular formula is C16H21N5O6. The number of nitrogens with two attached hydrogens (primary N) is 1. The second-order valence-corrected chi connectivity index (χ2v) is 5.78. The van der Waals surface area contributed by atoms with Crippen molar-refractivity contribution >= 4 is 28.9 Å². The third kappa shape index (κ3) is 3.69. The molecule has 4 atom stereocenters. The lowest BCUT2D eigenvalue weighted by molar-refractivity contribution is -0.159. The van der Waals surface area contributed by atoms with E-state index in [1.807, 2.05) is 0 Å². The second kappa shape index (κ2) is 7.84. The van der Waals surface area contributed by atoms with Gasteiger partial charge in [-0.1, -0.05) is 13.8 Å². The highest BCUT2D eigenvalue weighted by atomic mass is 16.6. The van der Waals surface area contributed by atoms with Crippen molar-refractivity contribution in [2.75, 3.05) is 12.3 Å². The zero-order chi connectivity index (χ0) is 21.0. The maximum absolute atomic E-state index is 11.9. The van der Waals surface area contributed by atoms with E-state index < -0.39 is 36.5 Å². The molecule has 0 amide bonds. The molecule has 0 aromatic carbocycles. The van der Waals surface area contributed by atoms with Crippen LogP contribution in [0.3, 0.4) is 0 Å². The molecule has 0 bridgehead atoms. The van der Waals surface area contributed by atoms with E-state index in [1.54, 1.807) is 0 Å². The molecule has 2 aromatic heterocycles. The Hall–Kier alpha value is -2.79. The van der Waals surface area contributed by atoms with Crippen LogP contribution < -0.4 is 5.73 Å². The van der Waals surface area contributed by atoms with Gasteiger partial charge < -0.3 is 25.1 Å². The minimum atomic E-state index is -1.32. The number of esters is 2. The molecule has 1 unspecified atom stereocenters. The van der Waals surface area contributed by atoms with E-state index in [9.17, 15) is 14.7 Å². The summed E-state index contributed by atoms with van der Waals surface area (Å²) in [5, 5.41) is 10.8. The van der Waals surface area contributed by atoms with Crippen LogP contribution in [0.25, 0.3) is 11.2 Å². The Morgan fingerprint density at radius 1 is 1.33 bits per heavy atom. The summed E-state index contributed by atoms with van der Waals surface area (Å²) in [6.07, 6.45) is -2.11. The monoisotopic (exact) mass is 381 g/mol. The van der Waals surface area contributed by atoms with Crippen molar-refractivity contribution in [2.45, 2.75) is 51.2 Å². The molecule has 1 saturated heterocycles. The smallest absolute Gasteiger partial charge is 0.305 e. The first kappa shape index (κ1) is 16.4. The molecule has 146 valence electrons. The number of carbonyl (C=O) groups is 2. The third-order valence-electron chi connectivity index (χ3n) is 4.06. The highest BCUT2D eigenvalue weighted by molar-refractivity contribution is 5.81. The van der Waals surface area contributed by atoms with Crippen LogP contribution in [-0.4, -0.2) is 61.5 Å². The molecule has 1 aliphatic rings. The predicted octanol–water partition coefficient (Wildman–Crippen LogP) is -0.0582. The molecule has 0 radical (unpaired) electrons. The molecule has 3 N–H and O–H groups in total. The van der Waals surface area contributed by atoms with Crippen LogP contribution in [0.2, 0.25) is 0 Å². The number of rotatable bonds is 6. The molecule has 11 nitrogen and oxygen atoms in total. The van der Waals surface area contributed by atoms with Crippen LogP contribution in [0.4, 0.5) is 5.82 Å². The summed E-state index contributed by atoms with van der Waals surface area (Å²) in [5.41, 5.74) is 6.40. The summed E-state index contributed by atoms with van der Waals surface area (Å²) in [6, 6.07) is 0. The van der Waals surface area contributed by atoms with Gasteiger partial charge in [-0.25, -0.2) is 15.0 Å². The molecule has 27 heavy (non-hydrogen) atoms. The van der Waals surface area contributed by atoms with E-state index in [0.717, 1.165) is 0 Å². The number of ether oxygens (including phenoxy) is 3. The van der Waals surface area contributed by atoms with Crippen LogP contribution in [-0.2, 0) is 23.8 Å². The summed E-state index contributed by atoms with van der Waals surface area (Å²) >= 11 is 0. The zero-order valence-electron chi connectivity index (χ0n) is 16.4. The van der Waals surface area contributed by atoms with Gasteiger partial charge in [0.25, 0.3) is 0 Å². The number of carbonyl (C=O) groups excluding carboxylic acids is 2. The fourth-order valence-corrected chi connectivity index (χ4v) is 2.74. The molecule has 1 aliphatic heterocycles. The van der Waals surface area contributed by atoms with Gasteiger partial charge in [-0.15, -0.1) is 0 Å². The van der Waals surface area contributed by atoms with Crippen molar-refractivity contribution in [2.24, 2.45) is 0 Å². The zero-order valence-corrected chi connectivity index (χ0v) is 14.4. The van der Waals surface area contributed by atoms with E-state index in [-0.39, 0.29) is 39.1 Å². The molecule has 3 rings (SSSR count). The Labute approximate surface area is 157 Å². The highest BCUT2D eigenvalue weighted by Gasteiger charge is 2.48. The molecule has 0 saturated carbocycles. The quantitative estimate of drug-likeness (QED) is 0.651. The van der Waals surface area contributed by atoms with Gasteiger partial charge in [0.1, 0.15) is 30.7 Å². The number of nitrogen functional groups attached to an aromatic ring is 1. The summed E-state index contributed by atoms with van der Waals surface area (Å²) < 4.78 is 31.8. The van der Waals surface area contributed by atoms with Crippen LogP contribution in [0, 0.1) is 0 Å². The van der Waals surface area contributed by atoms with Crippen molar-refractivity contribution in [1.82, 2.24) is 19.5 Å². The van der Waals surface area contributed by atoms with Gasteiger partial charge in [0.05, 0.1) is 6.33 Å². The van der Waals surface area contributed by atoms with Gasteiger partial charge in [-0.3, -0.25) is 14.2 Å². The molecule has 2 aromatic rings. The molecule has 3 heterocycles. The number of aliphatic hydroxyl groups is 1. The van der Waals surface area contributed by atoms with E-state index in [4.69, 9.17) is 22.7 Å².